The van der Waals surface area contributed by atoms with Gasteiger partial charge in [-0.1, -0.05) is 30.3 Å². The number of nitrogen functional groups attached to an aromatic ring is 1. The molecule has 1 aliphatic carbocycles. The third-order valence-corrected chi connectivity index (χ3v) is 8.52. The molecule has 3 aliphatic rings. The van der Waals surface area contributed by atoms with Crippen molar-refractivity contribution in [2.45, 2.75) is 44.2 Å². The molecule has 0 spiro atoms. The number of carbonyl (C=O) groups is 1. The van der Waals surface area contributed by atoms with Gasteiger partial charge in [0.25, 0.3) is 5.91 Å². The van der Waals surface area contributed by atoms with Gasteiger partial charge < -0.3 is 15.8 Å². The van der Waals surface area contributed by atoms with Crippen LogP contribution in [-0.4, -0.2) is 53.8 Å². The third kappa shape index (κ3) is 5.89. The monoisotopic (exact) mass is 523 g/mol. The highest BCUT2D eigenvalue weighted by Gasteiger charge is 2.34. The van der Waals surface area contributed by atoms with Crippen LogP contribution in [0.25, 0.3) is 0 Å². The number of aromatic nitrogens is 1. The molecule has 7 nitrogen and oxygen atoms in total. The topological polar surface area (TPSA) is 104 Å². The minimum absolute atomic E-state index is 0.105. The van der Waals surface area contributed by atoms with Gasteiger partial charge in [0.05, 0.1) is 36.7 Å². The Labute approximate surface area is 230 Å². The summed E-state index contributed by atoms with van der Waals surface area (Å²) in [5.41, 5.74) is 11.2. The number of benzene rings is 2. The van der Waals surface area contributed by atoms with E-state index in [1.165, 1.54) is 18.4 Å². The van der Waals surface area contributed by atoms with Crippen molar-refractivity contribution in [3.8, 4) is 0 Å². The van der Waals surface area contributed by atoms with Crippen molar-refractivity contribution in [2.24, 2.45) is 11.8 Å². The van der Waals surface area contributed by atoms with Crippen LogP contribution in [0.4, 0.5) is 5.69 Å². The summed E-state index contributed by atoms with van der Waals surface area (Å²) in [6.45, 7) is 4.10. The Morgan fingerprint density at radius 2 is 1.77 bits per heavy atom. The van der Waals surface area contributed by atoms with Gasteiger partial charge in [0.2, 0.25) is 0 Å². The van der Waals surface area contributed by atoms with E-state index in [-0.39, 0.29) is 11.9 Å². The summed E-state index contributed by atoms with van der Waals surface area (Å²) in [5, 5.41) is 12.1. The van der Waals surface area contributed by atoms with Gasteiger partial charge in [0, 0.05) is 28.6 Å². The Kier molecular flexibility index (Phi) is 7.44. The fourth-order valence-corrected chi connectivity index (χ4v) is 5.81. The molecule has 3 aromatic rings. The summed E-state index contributed by atoms with van der Waals surface area (Å²) in [6, 6.07) is 19.8. The number of nitrogens with one attached hydrogen (secondary N) is 2. The molecule has 0 bridgehead atoms. The number of ether oxygens (including phenoxy) is 1. The number of rotatable bonds is 9. The maximum absolute atomic E-state index is 13.2. The van der Waals surface area contributed by atoms with Crippen molar-refractivity contribution in [3.05, 3.63) is 94.8 Å². The number of hydrogen-bond acceptors (Lipinski definition) is 6. The quantitative estimate of drug-likeness (QED) is 0.281. The van der Waals surface area contributed by atoms with Crippen molar-refractivity contribution in [1.29, 1.82) is 5.41 Å². The molecule has 1 unspecified atom stereocenters. The smallest absolute Gasteiger partial charge is 0.251 e. The van der Waals surface area contributed by atoms with Crippen molar-refractivity contribution < 1.29 is 9.53 Å². The highest BCUT2D eigenvalue weighted by molar-refractivity contribution is 6.14. The van der Waals surface area contributed by atoms with Gasteiger partial charge in [-0.3, -0.25) is 20.1 Å². The number of hydrogen-bond donors (Lipinski definition) is 3. The molecule has 4 N–H and O–H groups in total. The lowest BCUT2D eigenvalue weighted by atomic mass is 9.88. The summed E-state index contributed by atoms with van der Waals surface area (Å²) in [4.78, 5) is 20.3. The maximum atomic E-state index is 13.2. The van der Waals surface area contributed by atoms with E-state index in [2.05, 4.69) is 27.3 Å². The van der Waals surface area contributed by atoms with Crippen LogP contribution < -0.4 is 11.1 Å². The van der Waals surface area contributed by atoms with E-state index in [0.717, 1.165) is 56.8 Å². The van der Waals surface area contributed by atoms with Crippen LogP contribution >= 0.6 is 0 Å². The highest BCUT2D eigenvalue weighted by atomic mass is 16.5. The van der Waals surface area contributed by atoms with Gasteiger partial charge in [0.1, 0.15) is 0 Å². The van der Waals surface area contributed by atoms with E-state index in [1.54, 1.807) is 24.4 Å². The van der Waals surface area contributed by atoms with Crippen LogP contribution in [-0.2, 0) is 11.2 Å². The SMILES string of the molecule is N=C(c1ccc(CC2CCN(C3COC3)CC2)cc1)c1cc(C(=O)NC(c2ccccn2)C2CC2)ccc1N. The number of amides is 1. The van der Waals surface area contributed by atoms with E-state index < -0.39 is 0 Å². The summed E-state index contributed by atoms with van der Waals surface area (Å²) >= 11 is 0. The minimum Gasteiger partial charge on any atom is -0.398 e. The molecular weight excluding hydrogens is 486 g/mol. The van der Waals surface area contributed by atoms with Crippen LogP contribution in [0, 0.1) is 17.2 Å². The zero-order valence-corrected chi connectivity index (χ0v) is 22.3. The maximum Gasteiger partial charge on any atom is 0.251 e. The lowest BCUT2D eigenvalue weighted by molar-refractivity contribution is -0.0737. The molecule has 1 amide bonds. The fourth-order valence-electron chi connectivity index (χ4n) is 5.81. The zero-order chi connectivity index (χ0) is 26.8. The molecule has 7 heteroatoms. The Bertz CT molecular complexity index is 1310. The second-order valence-corrected chi connectivity index (χ2v) is 11.3. The number of pyridine rings is 1. The number of carbonyl (C=O) groups excluding carboxylic acids is 1. The lowest BCUT2D eigenvalue weighted by Gasteiger charge is -2.41. The number of nitrogens with two attached hydrogens (primary N) is 1. The van der Waals surface area contributed by atoms with Crippen molar-refractivity contribution in [1.82, 2.24) is 15.2 Å². The van der Waals surface area contributed by atoms with Crippen molar-refractivity contribution >= 4 is 17.3 Å². The van der Waals surface area contributed by atoms with Crippen LogP contribution in [0.3, 0.4) is 0 Å². The molecule has 1 aromatic heterocycles. The van der Waals surface area contributed by atoms with E-state index in [1.807, 2.05) is 30.3 Å². The Morgan fingerprint density at radius 3 is 2.41 bits per heavy atom. The first-order chi connectivity index (χ1) is 19.0. The van der Waals surface area contributed by atoms with E-state index in [9.17, 15) is 4.79 Å². The van der Waals surface area contributed by atoms with Gasteiger partial charge >= 0.3 is 0 Å². The Balaban J connectivity index is 1.10. The first-order valence-corrected chi connectivity index (χ1v) is 14.2. The van der Waals surface area contributed by atoms with E-state index in [4.69, 9.17) is 15.9 Å². The van der Waals surface area contributed by atoms with Gasteiger partial charge in [-0.05, 0) is 92.9 Å². The second-order valence-electron chi connectivity index (χ2n) is 11.3. The average Bonchev–Trinajstić information content (AvgIpc) is 3.78. The molecule has 39 heavy (non-hydrogen) atoms. The average molecular weight is 524 g/mol. The summed E-state index contributed by atoms with van der Waals surface area (Å²) in [7, 11) is 0. The first-order valence-electron chi connectivity index (χ1n) is 14.2. The van der Waals surface area contributed by atoms with Crippen LogP contribution in [0.2, 0.25) is 0 Å². The first kappa shape index (κ1) is 25.7. The molecule has 1 atom stereocenters. The molecule has 3 fully saturated rings. The fraction of sp³-hybridized carbons (Fsp3) is 0.406. The van der Waals surface area contributed by atoms with Gasteiger partial charge in [0.15, 0.2) is 0 Å². The number of nitrogens with zero attached hydrogens (tertiary/aromatic N) is 2. The Morgan fingerprint density at radius 1 is 1.03 bits per heavy atom. The predicted octanol–water partition coefficient (Wildman–Crippen LogP) is 4.61. The minimum atomic E-state index is -0.169. The molecule has 2 aliphatic heterocycles. The van der Waals surface area contributed by atoms with Gasteiger partial charge in [-0.25, -0.2) is 0 Å². The molecule has 1 saturated carbocycles. The molecule has 202 valence electrons. The predicted molar refractivity (Wildman–Crippen MR) is 153 cm³/mol. The lowest BCUT2D eigenvalue weighted by Crippen LogP contribution is -2.51. The highest BCUT2D eigenvalue weighted by Crippen LogP contribution is 2.40. The van der Waals surface area contributed by atoms with Crippen molar-refractivity contribution in [3.63, 3.8) is 0 Å². The number of anilines is 1. The van der Waals surface area contributed by atoms with Crippen LogP contribution in [0.15, 0.2) is 66.9 Å². The van der Waals surface area contributed by atoms with E-state index in [0.29, 0.717) is 40.4 Å². The van der Waals surface area contributed by atoms with Crippen molar-refractivity contribution in [2.75, 3.05) is 32.0 Å². The molecule has 6 rings (SSSR count). The normalized spacial score (nSPS) is 19.3. The summed E-state index contributed by atoms with van der Waals surface area (Å²) in [6.07, 6.45) is 7.45. The third-order valence-electron chi connectivity index (χ3n) is 8.52. The molecular formula is C32H37N5O2. The standard InChI is InChI=1S/C32H37N5O2/c33-28-11-10-25(32(38)36-31(24-8-9-24)29-3-1-2-14-35-29)18-27(28)30(34)23-6-4-21(5-7-23)17-22-12-15-37(16-13-22)26-19-39-20-26/h1-7,10-11,14,18,22,24,26,31,34H,8-9,12-13,15-17,19-20,33H2,(H,36,38). The van der Waals surface area contributed by atoms with Crippen LogP contribution in [0.1, 0.15) is 64.5 Å². The van der Waals surface area contributed by atoms with Gasteiger partial charge in [-0.2, -0.15) is 0 Å². The van der Waals surface area contributed by atoms with E-state index >= 15 is 0 Å². The molecule has 2 saturated heterocycles. The van der Waals surface area contributed by atoms with Crippen LogP contribution in [0.5, 0.6) is 0 Å². The molecule has 3 heterocycles. The molecule has 2 aromatic carbocycles. The van der Waals surface area contributed by atoms with Gasteiger partial charge in [-0.15, -0.1) is 0 Å². The number of piperidine rings is 1. The zero-order valence-electron chi connectivity index (χ0n) is 22.3. The second kappa shape index (κ2) is 11.3. The largest absolute Gasteiger partial charge is 0.398 e. The number of likely N-dealkylation sites (tertiary alicyclic amines) is 1. The molecule has 0 radical (unpaired) electrons. The summed E-state index contributed by atoms with van der Waals surface area (Å²) < 4.78 is 5.35. The Hall–Kier alpha value is -3.55. The summed E-state index contributed by atoms with van der Waals surface area (Å²) in [5.74, 6) is 0.945.